The molecule has 0 unspecified atom stereocenters. The van der Waals surface area contributed by atoms with E-state index in [1.54, 1.807) is 0 Å². The third-order valence-corrected chi connectivity index (χ3v) is 9.93. The van der Waals surface area contributed by atoms with E-state index in [1.807, 2.05) is 0 Å². The van der Waals surface area contributed by atoms with Gasteiger partial charge in [-0.25, -0.2) is 4.98 Å². The Morgan fingerprint density at radius 1 is 0.814 bits per heavy atom. The van der Waals surface area contributed by atoms with Crippen LogP contribution in [0.4, 0.5) is 26.3 Å². The molecule has 240 valence electrons. The van der Waals surface area contributed by atoms with E-state index in [2.05, 4.69) is 38.9 Å². The number of rotatable bonds is 17. The Bertz CT molecular complexity index is 1200. The summed E-state index contributed by atoms with van der Waals surface area (Å²) in [7, 11) is -1.64. The first-order valence-corrected chi connectivity index (χ1v) is 15.8. The molecule has 0 bridgehead atoms. The summed E-state index contributed by atoms with van der Waals surface area (Å²) in [5.41, 5.74) is 5.23. The average Bonchev–Trinajstić information content (AvgIpc) is 2.93. The number of hydrogen-bond acceptors (Lipinski definition) is 6. The van der Waals surface area contributed by atoms with Crippen molar-refractivity contribution in [3.05, 3.63) is 83.7 Å². The highest BCUT2D eigenvalue weighted by atomic mass is 32.3. The zero-order valence-electron chi connectivity index (χ0n) is 24.7. The molecule has 0 saturated carbocycles. The Morgan fingerprint density at radius 3 is 1.58 bits per heavy atom. The van der Waals surface area contributed by atoms with E-state index in [1.165, 1.54) is 24.3 Å². The zero-order chi connectivity index (χ0) is 33.0. The molecule has 1 aromatic heterocycles. The van der Waals surface area contributed by atoms with Crippen molar-refractivity contribution in [2.24, 2.45) is 11.5 Å². The van der Waals surface area contributed by atoms with E-state index in [4.69, 9.17) is 26.5 Å². The molecule has 13 heteroatoms. The van der Waals surface area contributed by atoms with Gasteiger partial charge in [0.2, 0.25) is 0 Å². The summed E-state index contributed by atoms with van der Waals surface area (Å²) in [5, 5.41) is 16.4. The molecular weight excluding hydrogens is 592 g/mol. The maximum Gasteiger partial charge on any atom is 0.430 e. The molecular formula is C30H41F6N5OS. The van der Waals surface area contributed by atoms with Crippen LogP contribution < -0.4 is 11.5 Å². The van der Waals surface area contributed by atoms with Gasteiger partial charge in [0.1, 0.15) is 17.2 Å². The molecule has 1 heterocycles. The normalized spacial score (nSPS) is 14.2. The smallest absolute Gasteiger partial charge is 0.430 e. The number of pyridine rings is 1. The second kappa shape index (κ2) is 16.4. The van der Waals surface area contributed by atoms with E-state index in [9.17, 15) is 26.3 Å². The monoisotopic (exact) mass is 633 g/mol. The van der Waals surface area contributed by atoms with Crippen molar-refractivity contribution >= 4 is 27.3 Å². The molecule has 0 aliphatic rings. The van der Waals surface area contributed by atoms with E-state index in [-0.39, 0.29) is 17.0 Å². The van der Waals surface area contributed by atoms with Gasteiger partial charge in [0.15, 0.2) is 0 Å². The Hall–Kier alpha value is -3.48. The van der Waals surface area contributed by atoms with Crippen molar-refractivity contribution in [3.63, 3.8) is 0 Å². The third-order valence-electron chi connectivity index (χ3n) is 6.18. The molecule has 0 aromatic carbocycles. The highest BCUT2D eigenvalue weighted by Crippen LogP contribution is 2.54. The lowest BCUT2D eigenvalue weighted by atomic mass is 10.0. The van der Waals surface area contributed by atoms with E-state index in [0.29, 0.717) is 23.5 Å². The minimum Gasteiger partial charge on any atom is -0.448 e. The fraction of sp³-hybridized carbons (Fsp3) is 0.433. The number of nitrogens with zero attached hydrogens (tertiary/aromatic N) is 1. The molecule has 0 saturated heterocycles. The van der Waals surface area contributed by atoms with Gasteiger partial charge < -0.3 is 15.7 Å². The first-order valence-electron chi connectivity index (χ1n) is 13.7. The molecule has 6 nitrogen and oxygen atoms in total. The molecule has 1 aromatic rings. The Labute approximate surface area is 251 Å². The maximum absolute atomic E-state index is 13.1. The number of nitrogens with one attached hydrogen (secondary N) is 2. The van der Waals surface area contributed by atoms with Gasteiger partial charge in [-0.3, -0.25) is 10.8 Å². The van der Waals surface area contributed by atoms with Crippen LogP contribution in [-0.2, 0) is 4.18 Å². The van der Waals surface area contributed by atoms with Gasteiger partial charge in [0.05, 0.1) is 22.8 Å². The van der Waals surface area contributed by atoms with Gasteiger partial charge in [-0.05, 0) is 55.2 Å². The summed E-state index contributed by atoms with van der Waals surface area (Å²) in [6, 6.07) is 2.52. The lowest BCUT2D eigenvalue weighted by Crippen LogP contribution is -2.22. The fourth-order valence-corrected chi connectivity index (χ4v) is 7.72. The van der Waals surface area contributed by atoms with Gasteiger partial charge in [-0.2, -0.15) is 26.3 Å². The number of nitrogens with two attached hydrogens (primary N) is 2. The highest BCUT2D eigenvalue weighted by Gasteiger charge is 2.33. The summed E-state index contributed by atoms with van der Waals surface area (Å²) in [6.07, 6.45) is -1.62. The van der Waals surface area contributed by atoms with Crippen molar-refractivity contribution in [1.82, 2.24) is 4.98 Å². The molecule has 0 fully saturated rings. The Kier molecular flexibility index (Phi) is 14.3. The largest absolute Gasteiger partial charge is 0.448 e. The van der Waals surface area contributed by atoms with Crippen molar-refractivity contribution in [1.29, 1.82) is 10.8 Å². The maximum atomic E-state index is 13.1. The van der Waals surface area contributed by atoms with Crippen LogP contribution in [0.1, 0.15) is 69.8 Å². The van der Waals surface area contributed by atoms with Gasteiger partial charge >= 0.3 is 12.4 Å². The van der Waals surface area contributed by atoms with E-state index >= 15 is 0 Å². The average molecular weight is 634 g/mol. The molecule has 0 radical (unpaired) electrons. The Morgan fingerprint density at radius 2 is 1.26 bits per heavy atom. The first kappa shape index (κ1) is 37.5. The molecule has 0 amide bonds. The standard InChI is InChI=1S/C30H41F6N5OS/c1-6-11-14-43(13-8-3,15-12-7-2)42-26(10-5)21(9-4)20-16-24(22(37)18-27(39)29(31,32)33)41-25(17-20)23(38)19-28(40)30(34,35)36/h9-10,16-19,37-38H,4-8,11-15,39-40H2,1-3H3/b26-21-,27-18-,28-19-,37-22?,38-23?. The van der Waals surface area contributed by atoms with Crippen LogP contribution in [0.5, 0.6) is 0 Å². The van der Waals surface area contributed by atoms with E-state index in [0.717, 1.165) is 49.4 Å². The summed E-state index contributed by atoms with van der Waals surface area (Å²) in [6.45, 7) is 14.0. The molecule has 1 rings (SSSR count). The topological polar surface area (TPSA) is 122 Å². The molecule has 0 spiro atoms. The van der Waals surface area contributed by atoms with E-state index < -0.39 is 45.5 Å². The van der Waals surface area contributed by atoms with Gasteiger partial charge in [0, 0.05) is 22.8 Å². The molecule has 43 heavy (non-hydrogen) atoms. The minimum absolute atomic E-state index is 0.188. The van der Waals surface area contributed by atoms with Crippen LogP contribution in [-0.4, -0.2) is 46.0 Å². The number of hydrogen-bond donors (Lipinski definition) is 4. The molecule has 6 N–H and O–H groups in total. The van der Waals surface area contributed by atoms with Crippen LogP contribution in [0.25, 0.3) is 5.57 Å². The van der Waals surface area contributed by atoms with Gasteiger partial charge in [0.25, 0.3) is 0 Å². The molecule has 0 aliphatic carbocycles. The van der Waals surface area contributed by atoms with Crippen molar-refractivity contribution < 1.29 is 30.5 Å². The van der Waals surface area contributed by atoms with Crippen LogP contribution in [0.3, 0.4) is 0 Å². The predicted octanol–water partition coefficient (Wildman–Crippen LogP) is 8.46. The van der Waals surface area contributed by atoms with Crippen molar-refractivity contribution in [2.45, 2.75) is 65.2 Å². The van der Waals surface area contributed by atoms with Crippen LogP contribution in [0.2, 0.25) is 0 Å². The van der Waals surface area contributed by atoms with Gasteiger partial charge in [-0.15, -0.1) is 0 Å². The summed E-state index contributed by atoms with van der Waals surface area (Å²) in [4.78, 5) is 3.99. The lowest BCUT2D eigenvalue weighted by Gasteiger charge is -2.41. The first-order chi connectivity index (χ1) is 20.0. The molecule has 0 atom stereocenters. The van der Waals surface area contributed by atoms with Crippen LogP contribution in [0.15, 0.2) is 66.7 Å². The zero-order valence-corrected chi connectivity index (χ0v) is 25.5. The summed E-state index contributed by atoms with van der Waals surface area (Å²) >= 11 is 0. The fourth-order valence-electron chi connectivity index (χ4n) is 3.94. The molecule has 0 aliphatic heterocycles. The number of halogens is 6. The van der Waals surface area contributed by atoms with Crippen LogP contribution >= 0.6 is 10.3 Å². The number of alkyl halides is 6. The Balaban J connectivity index is 3.98. The third kappa shape index (κ3) is 11.3. The summed E-state index contributed by atoms with van der Waals surface area (Å²) < 4.78 is 85.2. The van der Waals surface area contributed by atoms with Crippen LogP contribution in [0, 0.1) is 10.8 Å². The lowest BCUT2D eigenvalue weighted by molar-refractivity contribution is -0.0933. The quantitative estimate of drug-likeness (QED) is 0.0595. The number of aromatic nitrogens is 1. The van der Waals surface area contributed by atoms with Crippen molar-refractivity contribution in [2.75, 3.05) is 17.3 Å². The number of allylic oxidation sites excluding steroid dienone is 7. The number of unbranched alkanes of at least 4 members (excludes halogenated alkanes) is 2. The second-order valence-electron chi connectivity index (χ2n) is 9.70. The second-order valence-corrected chi connectivity index (χ2v) is 13.0. The highest BCUT2D eigenvalue weighted by molar-refractivity contribution is 8.29. The van der Waals surface area contributed by atoms with Gasteiger partial charge in [-0.1, -0.05) is 63.2 Å². The van der Waals surface area contributed by atoms with Crippen molar-refractivity contribution in [3.8, 4) is 0 Å². The minimum atomic E-state index is -4.93. The summed E-state index contributed by atoms with van der Waals surface area (Å²) in [5.74, 6) is 2.82. The predicted molar refractivity (Wildman–Crippen MR) is 165 cm³/mol. The SMILES string of the molecule is C=C/C(OS(CCC)(CCCC)CCCC)=C(\C=C)c1cc(C(=N)/C=C(\N)C(F)(F)F)nc(C(=N)/C=C(\N)C(F)(F)F)c1.